The van der Waals surface area contributed by atoms with Gasteiger partial charge in [-0.05, 0) is 31.5 Å². The molecule has 0 spiro atoms. The summed E-state index contributed by atoms with van der Waals surface area (Å²) >= 11 is 7.82. The van der Waals surface area contributed by atoms with Crippen molar-refractivity contribution in [3.8, 4) is 0 Å². The summed E-state index contributed by atoms with van der Waals surface area (Å²) in [7, 11) is 0. The van der Waals surface area contributed by atoms with Crippen LogP contribution in [-0.4, -0.2) is 46.3 Å². The summed E-state index contributed by atoms with van der Waals surface area (Å²) < 4.78 is 1.95. The van der Waals surface area contributed by atoms with Gasteiger partial charge in [0.05, 0.1) is 17.1 Å². The Balaban J connectivity index is 0.00000210. The van der Waals surface area contributed by atoms with Crippen molar-refractivity contribution in [1.82, 2.24) is 20.0 Å². The first kappa shape index (κ1) is 20.1. The van der Waals surface area contributed by atoms with Crippen LogP contribution in [0.2, 0.25) is 5.02 Å². The molecule has 27 heavy (non-hydrogen) atoms. The molecular weight excluding hydrogens is 403 g/mol. The van der Waals surface area contributed by atoms with Crippen LogP contribution in [0.25, 0.3) is 10.2 Å². The van der Waals surface area contributed by atoms with Gasteiger partial charge in [-0.15, -0.1) is 23.7 Å². The summed E-state index contributed by atoms with van der Waals surface area (Å²) in [6.07, 6.45) is 0. The van der Waals surface area contributed by atoms with Crippen molar-refractivity contribution in [2.45, 2.75) is 26.4 Å². The number of hydrogen-bond acceptors (Lipinski definition) is 4. The maximum atomic E-state index is 13.0. The van der Waals surface area contributed by atoms with Crippen molar-refractivity contribution >= 4 is 51.5 Å². The average molecular weight is 425 g/mol. The summed E-state index contributed by atoms with van der Waals surface area (Å²) in [6.45, 7) is 7.11. The van der Waals surface area contributed by atoms with E-state index in [4.69, 9.17) is 11.6 Å². The van der Waals surface area contributed by atoms with Crippen LogP contribution in [0.5, 0.6) is 0 Å². The van der Waals surface area contributed by atoms with Gasteiger partial charge < -0.3 is 10.2 Å². The van der Waals surface area contributed by atoms with Gasteiger partial charge in [-0.25, -0.2) is 0 Å². The molecule has 1 aromatic carbocycles. The number of hydrogen-bond donors (Lipinski definition) is 1. The van der Waals surface area contributed by atoms with Gasteiger partial charge in [0.25, 0.3) is 5.91 Å². The van der Waals surface area contributed by atoms with Crippen LogP contribution in [0.3, 0.4) is 0 Å². The molecule has 4 rings (SSSR count). The van der Waals surface area contributed by atoms with E-state index in [-0.39, 0.29) is 24.4 Å². The molecule has 1 amide bonds. The summed E-state index contributed by atoms with van der Waals surface area (Å²) in [4.78, 5) is 16.7. The van der Waals surface area contributed by atoms with E-state index in [0.29, 0.717) is 6.54 Å². The van der Waals surface area contributed by atoms with Crippen LogP contribution >= 0.6 is 35.3 Å². The third kappa shape index (κ3) is 3.85. The lowest BCUT2D eigenvalue weighted by molar-refractivity contribution is 0.0661. The van der Waals surface area contributed by atoms with Crippen LogP contribution in [0.4, 0.5) is 0 Å². The molecule has 8 heteroatoms. The smallest absolute Gasteiger partial charge is 0.264 e. The normalized spacial score (nSPS) is 17.1. The molecular formula is C19H22Cl2N4OS. The monoisotopic (exact) mass is 424 g/mol. The second-order valence-corrected chi connectivity index (χ2v) is 8.15. The molecule has 5 nitrogen and oxygen atoms in total. The lowest BCUT2D eigenvalue weighted by atomic mass is 10.2. The minimum absolute atomic E-state index is 0. The average Bonchev–Trinajstić information content (AvgIpc) is 3.18. The van der Waals surface area contributed by atoms with Gasteiger partial charge in [-0.3, -0.25) is 9.48 Å². The standard InChI is InChI=1S/C19H21ClN4OS.ClH/c1-12-10-21-7-8-23(12)18(25)17-9-15-13(2)22-24(19(15)26-17)11-14-5-3-4-6-16(14)20;/h3-6,9,12,21H,7-8,10-11H2,1-2H3;1H. The molecule has 2 aromatic heterocycles. The topological polar surface area (TPSA) is 50.2 Å². The van der Waals surface area contributed by atoms with Crippen LogP contribution in [0.1, 0.15) is 27.9 Å². The van der Waals surface area contributed by atoms with E-state index in [1.807, 2.05) is 46.8 Å². The van der Waals surface area contributed by atoms with E-state index >= 15 is 0 Å². The minimum atomic E-state index is 0. The fourth-order valence-corrected chi connectivity index (χ4v) is 4.71. The Kier molecular flexibility index (Phi) is 6.11. The first-order valence-electron chi connectivity index (χ1n) is 8.76. The van der Waals surface area contributed by atoms with Gasteiger partial charge in [-0.2, -0.15) is 5.10 Å². The Morgan fingerprint density at radius 3 is 2.93 bits per heavy atom. The van der Waals surface area contributed by atoms with Gasteiger partial charge >= 0.3 is 0 Å². The van der Waals surface area contributed by atoms with E-state index in [0.717, 1.165) is 51.0 Å². The van der Waals surface area contributed by atoms with Crippen molar-refractivity contribution in [3.63, 3.8) is 0 Å². The number of benzene rings is 1. The number of fused-ring (bicyclic) bond motifs is 1. The molecule has 1 saturated heterocycles. The van der Waals surface area contributed by atoms with Crippen LogP contribution in [-0.2, 0) is 6.54 Å². The molecule has 1 atom stereocenters. The van der Waals surface area contributed by atoms with Gasteiger partial charge in [0.1, 0.15) is 4.83 Å². The molecule has 144 valence electrons. The Bertz CT molecular complexity index is 968. The second kappa shape index (κ2) is 8.19. The number of carbonyl (C=O) groups excluding carboxylic acids is 1. The second-order valence-electron chi connectivity index (χ2n) is 6.72. The third-order valence-electron chi connectivity index (χ3n) is 4.86. The number of aryl methyl sites for hydroxylation is 1. The minimum Gasteiger partial charge on any atom is -0.333 e. The van der Waals surface area contributed by atoms with Gasteiger partial charge in [0.2, 0.25) is 0 Å². The predicted molar refractivity (Wildman–Crippen MR) is 114 cm³/mol. The molecule has 0 saturated carbocycles. The zero-order valence-electron chi connectivity index (χ0n) is 15.2. The molecule has 1 N–H and O–H groups in total. The van der Waals surface area contributed by atoms with Crippen molar-refractivity contribution < 1.29 is 4.79 Å². The SMILES string of the molecule is Cc1nn(Cc2ccccc2Cl)c2sc(C(=O)N3CCNCC3C)cc12.Cl. The Morgan fingerprint density at radius 1 is 1.41 bits per heavy atom. The third-order valence-corrected chi connectivity index (χ3v) is 6.36. The van der Waals surface area contributed by atoms with Crippen molar-refractivity contribution in [2.24, 2.45) is 0 Å². The summed E-state index contributed by atoms with van der Waals surface area (Å²) in [5.74, 6) is 0.115. The molecule has 0 aliphatic carbocycles. The lowest BCUT2D eigenvalue weighted by Gasteiger charge is -2.33. The first-order chi connectivity index (χ1) is 12.5. The van der Waals surface area contributed by atoms with E-state index < -0.39 is 0 Å². The highest BCUT2D eigenvalue weighted by Gasteiger charge is 2.26. The maximum Gasteiger partial charge on any atom is 0.264 e. The molecule has 1 fully saturated rings. The summed E-state index contributed by atoms with van der Waals surface area (Å²) in [5.41, 5.74) is 1.96. The first-order valence-corrected chi connectivity index (χ1v) is 9.96. The molecule has 0 radical (unpaired) electrons. The van der Waals surface area contributed by atoms with E-state index in [9.17, 15) is 4.79 Å². The van der Waals surface area contributed by atoms with Crippen LogP contribution < -0.4 is 5.32 Å². The maximum absolute atomic E-state index is 13.0. The number of rotatable bonds is 3. The fourth-order valence-electron chi connectivity index (χ4n) is 3.40. The van der Waals surface area contributed by atoms with Crippen molar-refractivity contribution in [3.05, 3.63) is 51.5 Å². The highest BCUT2D eigenvalue weighted by molar-refractivity contribution is 7.20. The number of thiophene rings is 1. The molecule has 1 unspecified atom stereocenters. The molecule has 0 bridgehead atoms. The lowest BCUT2D eigenvalue weighted by Crippen LogP contribution is -2.52. The van der Waals surface area contributed by atoms with Crippen LogP contribution in [0, 0.1) is 6.92 Å². The quantitative estimate of drug-likeness (QED) is 0.691. The molecule has 3 aromatic rings. The Morgan fingerprint density at radius 2 is 2.19 bits per heavy atom. The number of halogens is 2. The number of nitrogens with one attached hydrogen (secondary N) is 1. The van der Waals surface area contributed by atoms with Crippen molar-refractivity contribution in [2.75, 3.05) is 19.6 Å². The van der Waals surface area contributed by atoms with Gasteiger partial charge in [0.15, 0.2) is 0 Å². The highest BCUT2D eigenvalue weighted by Crippen LogP contribution is 2.30. The van der Waals surface area contributed by atoms with E-state index in [2.05, 4.69) is 17.3 Å². The molecule has 1 aliphatic rings. The van der Waals surface area contributed by atoms with Crippen LogP contribution in [0.15, 0.2) is 30.3 Å². The number of carbonyl (C=O) groups is 1. The highest BCUT2D eigenvalue weighted by atomic mass is 35.5. The number of aromatic nitrogens is 2. The zero-order chi connectivity index (χ0) is 18.3. The number of amides is 1. The number of nitrogens with zero attached hydrogens (tertiary/aromatic N) is 3. The number of piperazine rings is 1. The summed E-state index contributed by atoms with van der Waals surface area (Å²) in [5, 5.41) is 9.76. The zero-order valence-corrected chi connectivity index (χ0v) is 17.6. The predicted octanol–water partition coefficient (Wildman–Crippen LogP) is 3.96. The van der Waals surface area contributed by atoms with Gasteiger partial charge in [0, 0.05) is 36.1 Å². The summed E-state index contributed by atoms with van der Waals surface area (Å²) in [6, 6.07) is 9.99. The molecule has 3 heterocycles. The van der Waals surface area contributed by atoms with Crippen molar-refractivity contribution in [1.29, 1.82) is 0 Å². The van der Waals surface area contributed by atoms with E-state index in [1.165, 1.54) is 11.3 Å². The van der Waals surface area contributed by atoms with E-state index in [1.54, 1.807) is 0 Å². The molecule has 1 aliphatic heterocycles. The Hall–Kier alpha value is -1.60. The largest absolute Gasteiger partial charge is 0.333 e. The fraction of sp³-hybridized carbons (Fsp3) is 0.368. The Labute approximate surface area is 173 Å². The van der Waals surface area contributed by atoms with Gasteiger partial charge in [-0.1, -0.05) is 29.8 Å².